The van der Waals surface area contributed by atoms with Crippen LogP contribution in [0.15, 0.2) is 83.9 Å². The molecule has 1 aliphatic heterocycles. The fraction of sp³-hybridized carbons (Fsp3) is 0.400. The number of carbonyl (C=O) groups is 2. The standard InChI is InChI=1S/C35H43N5O4/c1-43-30-15-8-14-29(21-30)37-33(41)25-40-24-28-20-31(17-18-32(28)38-35(40)36)44-19-9-16-34(42)39(22-26-10-4-2-5-11-26)23-27-12-6-3-7-13-27/h2-7,10-13,17-18,20,29-30H,8-9,14-16,19,21-25H2,1H3,(H2,36,38)(H,37,41). The number of guanidine groups is 1. The Bertz CT molecular complexity index is 1370. The van der Waals surface area contributed by atoms with Gasteiger partial charge in [0.1, 0.15) is 5.75 Å². The number of hydrogen-bond donors (Lipinski definition) is 2. The highest BCUT2D eigenvalue weighted by Crippen LogP contribution is 2.29. The summed E-state index contributed by atoms with van der Waals surface area (Å²) < 4.78 is 11.5. The number of nitrogens with two attached hydrogens (primary N) is 1. The van der Waals surface area contributed by atoms with Crippen molar-refractivity contribution in [1.29, 1.82) is 0 Å². The van der Waals surface area contributed by atoms with Gasteiger partial charge in [-0.05, 0) is 61.4 Å². The Morgan fingerprint density at radius 1 is 1.00 bits per heavy atom. The maximum atomic E-state index is 13.3. The molecule has 0 aromatic heterocycles. The summed E-state index contributed by atoms with van der Waals surface area (Å²) in [4.78, 5) is 34.3. The van der Waals surface area contributed by atoms with Crippen LogP contribution in [0.2, 0.25) is 0 Å². The minimum atomic E-state index is -0.0704. The molecular weight excluding hydrogens is 554 g/mol. The first kappa shape index (κ1) is 31.1. The molecule has 3 N–H and O–H groups in total. The van der Waals surface area contributed by atoms with Crippen LogP contribution in [0.3, 0.4) is 0 Å². The second-order valence-electron chi connectivity index (χ2n) is 11.6. The smallest absolute Gasteiger partial charge is 0.239 e. The molecular formula is C35H43N5O4. The van der Waals surface area contributed by atoms with Gasteiger partial charge in [0, 0.05) is 44.8 Å². The van der Waals surface area contributed by atoms with Crippen molar-refractivity contribution in [2.75, 3.05) is 20.3 Å². The number of carbonyl (C=O) groups excluding carboxylic acids is 2. The van der Waals surface area contributed by atoms with Gasteiger partial charge < -0.3 is 30.3 Å². The van der Waals surface area contributed by atoms with Crippen LogP contribution >= 0.6 is 0 Å². The van der Waals surface area contributed by atoms with Gasteiger partial charge in [-0.1, -0.05) is 60.7 Å². The summed E-state index contributed by atoms with van der Waals surface area (Å²) in [5.41, 5.74) is 10.1. The number of ether oxygens (including phenoxy) is 2. The molecule has 0 bridgehead atoms. The molecule has 232 valence electrons. The fourth-order valence-corrected chi connectivity index (χ4v) is 5.85. The lowest BCUT2D eigenvalue weighted by molar-refractivity contribution is -0.132. The topological polar surface area (TPSA) is 109 Å². The molecule has 3 aromatic rings. The lowest BCUT2D eigenvalue weighted by Crippen LogP contribution is -2.48. The van der Waals surface area contributed by atoms with Gasteiger partial charge in [0.05, 0.1) is 24.9 Å². The van der Waals surface area contributed by atoms with Gasteiger partial charge in [0.15, 0.2) is 5.96 Å². The summed E-state index contributed by atoms with van der Waals surface area (Å²) in [6, 6.07) is 25.9. The van der Waals surface area contributed by atoms with Crippen molar-refractivity contribution >= 4 is 23.5 Å². The van der Waals surface area contributed by atoms with E-state index in [1.54, 1.807) is 12.0 Å². The highest BCUT2D eigenvalue weighted by Gasteiger charge is 2.25. The van der Waals surface area contributed by atoms with Crippen molar-refractivity contribution < 1.29 is 19.1 Å². The number of methoxy groups -OCH3 is 1. The Balaban J connectivity index is 1.11. The van der Waals surface area contributed by atoms with Crippen molar-refractivity contribution in [2.45, 2.75) is 70.3 Å². The number of fused-ring (bicyclic) bond motifs is 1. The van der Waals surface area contributed by atoms with Crippen LogP contribution in [-0.4, -0.2) is 60.0 Å². The van der Waals surface area contributed by atoms with E-state index in [1.165, 1.54) is 0 Å². The van der Waals surface area contributed by atoms with Gasteiger partial charge in [-0.3, -0.25) is 9.59 Å². The molecule has 2 aliphatic rings. The third kappa shape index (κ3) is 8.83. The third-order valence-electron chi connectivity index (χ3n) is 8.22. The second kappa shape index (κ2) is 15.4. The van der Waals surface area contributed by atoms with Crippen LogP contribution in [0.4, 0.5) is 5.69 Å². The van der Waals surface area contributed by atoms with Crippen LogP contribution < -0.4 is 15.8 Å². The number of aliphatic imine (C=N–C) groups is 1. The average molecular weight is 598 g/mol. The van der Waals surface area contributed by atoms with E-state index in [1.807, 2.05) is 83.8 Å². The molecule has 5 rings (SSSR count). The molecule has 9 heteroatoms. The van der Waals surface area contributed by atoms with E-state index >= 15 is 0 Å². The van der Waals surface area contributed by atoms with Crippen molar-refractivity contribution in [3.63, 3.8) is 0 Å². The van der Waals surface area contributed by atoms with E-state index in [0.29, 0.717) is 50.8 Å². The van der Waals surface area contributed by atoms with Crippen molar-refractivity contribution in [3.8, 4) is 5.75 Å². The molecule has 2 atom stereocenters. The summed E-state index contributed by atoms with van der Waals surface area (Å²) in [6.07, 6.45) is 5.05. The zero-order valence-corrected chi connectivity index (χ0v) is 25.5. The summed E-state index contributed by atoms with van der Waals surface area (Å²) >= 11 is 0. The summed E-state index contributed by atoms with van der Waals surface area (Å²) in [5, 5.41) is 3.14. The number of nitrogens with one attached hydrogen (secondary N) is 1. The third-order valence-corrected chi connectivity index (χ3v) is 8.22. The average Bonchev–Trinajstić information content (AvgIpc) is 3.04. The Labute approximate surface area is 260 Å². The van der Waals surface area contributed by atoms with E-state index in [-0.39, 0.29) is 30.5 Å². The van der Waals surface area contributed by atoms with Gasteiger partial charge in [-0.25, -0.2) is 4.99 Å². The van der Waals surface area contributed by atoms with Gasteiger partial charge in [0.25, 0.3) is 0 Å². The van der Waals surface area contributed by atoms with Gasteiger partial charge >= 0.3 is 0 Å². The van der Waals surface area contributed by atoms with Crippen LogP contribution in [-0.2, 0) is 34.0 Å². The maximum absolute atomic E-state index is 13.3. The van der Waals surface area contributed by atoms with Crippen molar-refractivity contribution in [3.05, 3.63) is 95.6 Å². The highest BCUT2D eigenvalue weighted by atomic mass is 16.5. The van der Waals surface area contributed by atoms with Gasteiger partial charge in [-0.15, -0.1) is 0 Å². The molecule has 1 aliphatic carbocycles. The fourth-order valence-electron chi connectivity index (χ4n) is 5.85. The van der Waals surface area contributed by atoms with E-state index in [2.05, 4.69) is 10.3 Å². The molecule has 44 heavy (non-hydrogen) atoms. The minimum Gasteiger partial charge on any atom is -0.494 e. The molecule has 1 fully saturated rings. The van der Waals surface area contributed by atoms with E-state index in [0.717, 1.165) is 48.1 Å². The summed E-state index contributed by atoms with van der Waals surface area (Å²) in [7, 11) is 1.72. The van der Waals surface area contributed by atoms with Crippen LogP contribution in [0, 0.1) is 0 Å². The van der Waals surface area contributed by atoms with E-state index in [4.69, 9.17) is 15.2 Å². The molecule has 2 amide bonds. The summed E-state index contributed by atoms with van der Waals surface area (Å²) in [6.45, 7) is 2.14. The predicted molar refractivity (Wildman–Crippen MR) is 171 cm³/mol. The minimum absolute atomic E-state index is 0.0704. The zero-order chi connectivity index (χ0) is 30.7. The zero-order valence-electron chi connectivity index (χ0n) is 25.5. The molecule has 0 spiro atoms. The molecule has 0 saturated heterocycles. The van der Waals surface area contributed by atoms with Crippen LogP contribution in [0.5, 0.6) is 5.75 Å². The molecule has 3 aromatic carbocycles. The SMILES string of the molecule is COC1CCCC(NC(=O)CN2Cc3cc(OCCCC(=O)N(Cc4ccccc4)Cc4ccccc4)ccc3N=C2N)C1. The summed E-state index contributed by atoms with van der Waals surface area (Å²) in [5.74, 6) is 1.05. The van der Waals surface area contributed by atoms with Gasteiger partial charge in [0.2, 0.25) is 11.8 Å². The monoisotopic (exact) mass is 597 g/mol. The van der Waals surface area contributed by atoms with Crippen LogP contribution in [0.25, 0.3) is 0 Å². The molecule has 0 radical (unpaired) electrons. The normalized spacial score (nSPS) is 17.8. The largest absolute Gasteiger partial charge is 0.494 e. The second-order valence-corrected chi connectivity index (χ2v) is 11.6. The van der Waals surface area contributed by atoms with E-state index in [9.17, 15) is 9.59 Å². The Morgan fingerprint density at radius 2 is 1.70 bits per heavy atom. The number of hydrogen-bond acceptors (Lipinski definition) is 7. The molecule has 2 unspecified atom stereocenters. The Kier molecular flexibility index (Phi) is 10.9. The number of benzene rings is 3. The molecule has 1 saturated carbocycles. The van der Waals surface area contributed by atoms with Crippen LogP contribution in [0.1, 0.15) is 55.2 Å². The highest BCUT2D eigenvalue weighted by molar-refractivity contribution is 5.88. The van der Waals surface area contributed by atoms with Gasteiger partial charge in [-0.2, -0.15) is 0 Å². The first-order valence-corrected chi connectivity index (χ1v) is 15.5. The Hall–Kier alpha value is -4.37. The Morgan fingerprint density at radius 3 is 2.39 bits per heavy atom. The van der Waals surface area contributed by atoms with E-state index < -0.39 is 0 Å². The first-order valence-electron chi connectivity index (χ1n) is 15.5. The van der Waals surface area contributed by atoms with Crippen molar-refractivity contribution in [2.24, 2.45) is 10.7 Å². The number of nitrogens with zero attached hydrogens (tertiary/aromatic N) is 3. The molecule has 1 heterocycles. The first-order chi connectivity index (χ1) is 21.5. The lowest BCUT2D eigenvalue weighted by Gasteiger charge is -2.31. The predicted octanol–water partition coefficient (Wildman–Crippen LogP) is 4.91. The quantitative estimate of drug-likeness (QED) is 0.271. The number of rotatable bonds is 13. The van der Waals surface area contributed by atoms with Crippen molar-refractivity contribution in [1.82, 2.24) is 15.1 Å². The maximum Gasteiger partial charge on any atom is 0.239 e. The number of amides is 2. The lowest BCUT2D eigenvalue weighted by atomic mass is 9.93. The molecule has 9 nitrogen and oxygen atoms in total.